The molecule has 0 heterocycles. The van der Waals surface area contributed by atoms with Crippen molar-refractivity contribution >= 4 is 0 Å². The monoisotopic (exact) mass is 433 g/mol. The highest BCUT2D eigenvalue weighted by Crippen LogP contribution is 2.37. The van der Waals surface area contributed by atoms with Crippen LogP contribution in [0, 0.1) is 17.6 Å². The Morgan fingerprint density at radius 2 is 1.45 bits per heavy atom. The molecule has 6 heteroatoms. The lowest BCUT2D eigenvalue weighted by molar-refractivity contribution is -0.137. The van der Waals surface area contributed by atoms with Gasteiger partial charge in [-0.2, -0.15) is 13.2 Å². The van der Waals surface area contributed by atoms with Crippen LogP contribution >= 0.6 is 0 Å². The molecule has 164 valence electrons. The summed E-state index contributed by atoms with van der Waals surface area (Å²) in [6.45, 7) is 3.88. The van der Waals surface area contributed by atoms with E-state index >= 15 is 0 Å². The zero-order valence-corrected chi connectivity index (χ0v) is 17.3. The molecule has 0 saturated carbocycles. The Kier molecular flexibility index (Phi) is 6.51. The second-order valence-electron chi connectivity index (χ2n) is 8.26. The van der Waals surface area contributed by atoms with E-state index in [1.807, 2.05) is 19.9 Å². The minimum atomic E-state index is -4.73. The van der Waals surface area contributed by atoms with Gasteiger partial charge in [0.2, 0.25) is 0 Å². The predicted octanol–water partition coefficient (Wildman–Crippen LogP) is 6.63. The van der Waals surface area contributed by atoms with Crippen LogP contribution in [0.25, 0.3) is 0 Å². The third-order valence-corrected chi connectivity index (χ3v) is 5.26. The highest BCUT2D eigenvalue weighted by atomic mass is 19.4. The van der Waals surface area contributed by atoms with Crippen molar-refractivity contribution in [3.63, 3.8) is 0 Å². The first-order valence-electron chi connectivity index (χ1n) is 9.99. The molecule has 3 aromatic carbocycles. The van der Waals surface area contributed by atoms with E-state index in [-0.39, 0.29) is 17.9 Å². The lowest BCUT2D eigenvalue weighted by Gasteiger charge is -2.32. The fourth-order valence-corrected chi connectivity index (χ4v) is 3.75. The molecule has 0 bridgehead atoms. The van der Waals surface area contributed by atoms with Gasteiger partial charge in [0, 0.05) is 0 Å². The summed E-state index contributed by atoms with van der Waals surface area (Å²) in [5.74, 6) is -1.27. The van der Waals surface area contributed by atoms with E-state index in [0.717, 1.165) is 17.7 Å². The van der Waals surface area contributed by atoms with Crippen molar-refractivity contribution < 1.29 is 22.0 Å². The van der Waals surface area contributed by atoms with Gasteiger partial charge in [-0.3, -0.25) is 0 Å². The highest BCUT2D eigenvalue weighted by molar-refractivity contribution is 5.44. The van der Waals surface area contributed by atoms with Crippen LogP contribution in [0.2, 0.25) is 0 Å². The Hall–Kier alpha value is -2.73. The van der Waals surface area contributed by atoms with Gasteiger partial charge in [-0.1, -0.05) is 56.3 Å². The quantitative estimate of drug-likeness (QED) is 0.434. The van der Waals surface area contributed by atoms with Gasteiger partial charge in [-0.05, 0) is 65.3 Å². The Morgan fingerprint density at radius 1 is 0.806 bits per heavy atom. The molecule has 0 aliphatic heterocycles. The maximum absolute atomic E-state index is 14.4. The molecule has 1 atom stereocenters. The average molecular weight is 433 g/mol. The van der Waals surface area contributed by atoms with Gasteiger partial charge in [0.25, 0.3) is 0 Å². The van der Waals surface area contributed by atoms with Crippen molar-refractivity contribution in [1.29, 1.82) is 0 Å². The van der Waals surface area contributed by atoms with E-state index in [1.54, 1.807) is 30.3 Å². The average Bonchev–Trinajstić information content (AvgIpc) is 2.69. The molecule has 0 spiro atoms. The maximum atomic E-state index is 14.4. The molecule has 0 aromatic heterocycles. The summed E-state index contributed by atoms with van der Waals surface area (Å²) < 4.78 is 68.7. The first-order valence-corrected chi connectivity index (χ1v) is 9.99. The largest absolute Gasteiger partial charge is 0.416 e. The van der Waals surface area contributed by atoms with Crippen molar-refractivity contribution in [1.82, 2.24) is 0 Å². The molecule has 2 N–H and O–H groups in total. The summed E-state index contributed by atoms with van der Waals surface area (Å²) in [5.41, 5.74) is 5.72. The Morgan fingerprint density at radius 3 is 2.06 bits per heavy atom. The summed E-state index contributed by atoms with van der Waals surface area (Å²) in [6, 6.07) is 15.6. The smallest absolute Gasteiger partial charge is 0.317 e. The minimum Gasteiger partial charge on any atom is -0.317 e. The van der Waals surface area contributed by atoms with Gasteiger partial charge in [0.05, 0.1) is 11.1 Å². The summed E-state index contributed by atoms with van der Waals surface area (Å²) >= 11 is 0. The number of rotatable bonds is 6. The third kappa shape index (κ3) is 5.31. The van der Waals surface area contributed by atoms with E-state index in [2.05, 4.69) is 0 Å². The normalized spacial score (nSPS) is 14.0. The Bertz CT molecular complexity index is 1040. The second kappa shape index (κ2) is 8.79. The molecule has 0 aliphatic carbocycles. The zero-order chi connectivity index (χ0) is 22.8. The molecule has 31 heavy (non-hydrogen) atoms. The lowest BCUT2D eigenvalue weighted by Crippen LogP contribution is -2.41. The Balaban J connectivity index is 2.21. The second-order valence-corrected chi connectivity index (χ2v) is 8.26. The van der Waals surface area contributed by atoms with Crippen LogP contribution in [-0.4, -0.2) is 0 Å². The van der Waals surface area contributed by atoms with Gasteiger partial charge in [0.1, 0.15) is 11.6 Å². The van der Waals surface area contributed by atoms with Crippen molar-refractivity contribution in [2.24, 2.45) is 11.7 Å². The standard InChI is InChI=1S/C25H24F5N/c1-16(2)10-18-11-19(8-9-23(18)27)24(31,15-17-6-4-3-5-7-17)20-12-21(25(28,29)30)14-22(26)13-20/h3-9,11-14,16H,10,15,31H2,1-2H3/t24-/m1/s1. The molecule has 0 radical (unpaired) electrons. The van der Waals surface area contributed by atoms with Crippen LogP contribution in [0.5, 0.6) is 0 Å². The molecule has 0 saturated heterocycles. The molecule has 3 rings (SSSR count). The predicted molar refractivity (Wildman–Crippen MR) is 111 cm³/mol. The lowest BCUT2D eigenvalue weighted by atomic mass is 9.77. The van der Waals surface area contributed by atoms with Gasteiger partial charge in [0.15, 0.2) is 0 Å². The van der Waals surface area contributed by atoms with Crippen LogP contribution < -0.4 is 5.73 Å². The van der Waals surface area contributed by atoms with Crippen molar-refractivity contribution in [3.05, 3.63) is 106 Å². The van der Waals surface area contributed by atoms with E-state index in [9.17, 15) is 22.0 Å². The Labute approximate surface area is 178 Å². The molecular weight excluding hydrogens is 409 g/mol. The number of hydrogen-bond acceptors (Lipinski definition) is 1. The summed E-state index contributed by atoms with van der Waals surface area (Å²) in [6.07, 6.45) is -4.17. The number of alkyl halides is 3. The molecule has 0 unspecified atom stereocenters. The van der Waals surface area contributed by atoms with Crippen molar-refractivity contribution in [3.8, 4) is 0 Å². The number of hydrogen-bond donors (Lipinski definition) is 1. The molecule has 1 nitrogen and oxygen atoms in total. The zero-order valence-electron chi connectivity index (χ0n) is 17.3. The van der Waals surface area contributed by atoms with E-state index in [0.29, 0.717) is 23.6 Å². The highest BCUT2D eigenvalue weighted by Gasteiger charge is 2.36. The van der Waals surface area contributed by atoms with Gasteiger partial charge < -0.3 is 5.73 Å². The van der Waals surface area contributed by atoms with E-state index < -0.39 is 28.9 Å². The van der Waals surface area contributed by atoms with Crippen LogP contribution in [-0.2, 0) is 24.6 Å². The fraction of sp³-hybridized carbons (Fsp3) is 0.280. The fourth-order valence-electron chi connectivity index (χ4n) is 3.75. The maximum Gasteiger partial charge on any atom is 0.416 e. The first kappa shape index (κ1) is 22.9. The summed E-state index contributed by atoms with van der Waals surface area (Å²) in [7, 11) is 0. The van der Waals surface area contributed by atoms with Crippen LogP contribution in [0.15, 0.2) is 66.7 Å². The van der Waals surface area contributed by atoms with Crippen LogP contribution in [0.4, 0.5) is 22.0 Å². The van der Waals surface area contributed by atoms with E-state index in [1.165, 1.54) is 12.1 Å². The molecular formula is C25H24F5N. The summed E-state index contributed by atoms with van der Waals surface area (Å²) in [4.78, 5) is 0. The topological polar surface area (TPSA) is 26.0 Å². The van der Waals surface area contributed by atoms with E-state index in [4.69, 9.17) is 5.73 Å². The SMILES string of the molecule is CC(C)Cc1cc([C@](N)(Cc2ccccc2)c2cc(F)cc(C(F)(F)F)c2)ccc1F. The third-order valence-electron chi connectivity index (χ3n) is 5.26. The summed E-state index contributed by atoms with van der Waals surface area (Å²) in [5, 5.41) is 0. The minimum absolute atomic E-state index is 0.0224. The van der Waals surface area contributed by atoms with Gasteiger partial charge in [-0.25, -0.2) is 8.78 Å². The van der Waals surface area contributed by atoms with Crippen molar-refractivity contribution in [2.45, 2.75) is 38.4 Å². The number of halogens is 5. The molecule has 0 aliphatic rings. The van der Waals surface area contributed by atoms with Crippen LogP contribution in [0.1, 0.15) is 41.7 Å². The molecule has 0 amide bonds. The first-order chi connectivity index (χ1) is 14.5. The van der Waals surface area contributed by atoms with Gasteiger partial charge >= 0.3 is 6.18 Å². The molecule has 0 fully saturated rings. The molecule has 3 aromatic rings. The van der Waals surface area contributed by atoms with Crippen molar-refractivity contribution in [2.75, 3.05) is 0 Å². The van der Waals surface area contributed by atoms with Gasteiger partial charge in [-0.15, -0.1) is 0 Å². The number of nitrogens with two attached hydrogens (primary N) is 1. The number of benzene rings is 3. The van der Waals surface area contributed by atoms with Crippen LogP contribution in [0.3, 0.4) is 0 Å².